The van der Waals surface area contributed by atoms with E-state index in [-0.39, 0.29) is 12.2 Å². The van der Waals surface area contributed by atoms with Gasteiger partial charge in [0, 0.05) is 12.7 Å². The van der Waals surface area contributed by atoms with Gasteiger partial charge < -0.3 is 5.11 Å². The first-order chi connectivity index (χ1) is 10.7. The lowest BCUT2D eigenvalue weighted by molar-refractivity contribution is -0.137. The highest BCUT2D eigenvalue weighted by atomic mass is 16.4. The standard InChI is InChI=1S/C16H15N3O3/c20-14(21)11-19-13-7-4-9-17-15(13)18(16(19)22)10-8-12-5-2-1-3-6-12/h1-7,9H,8,10-11H2,(H,20,21). The third kappa shape index (κ3) is 2.63. The number of aliphatic carboxylic acids is 1. The van der Waals surface area contributed by atoms with Crippen LogP contribution in [0, 0.1) is 0 Å². The molecule has 0 fully saturated rings. The monoisotopic (exact) mass is 297 g/mol. The topological polar surface area (TPSA) is 77.1 Å². The second-order valence-corrected chi connectivity index (χ2v) is 5.00. The summed E-state index contributed by atoms with van der Waals surface area (Å²) >= 11 is 0. The zero-order chi connectivity index (χ0) is 15.5. The van der Waals surface area contributed by atoms with E-state index in [0.717, 1.165) is 5.56 Å². The highest BCUT2D eigenvalue weighted by Gasteiger charge is 2.15. The Balaban J connectivity index is 2.00. The van der Waals surface area contributed by atoms with Gasteiger partial charge in [0.05, 0.1) is 5.52 Å². The summed E-state index contributed by atoms with van der Waals surface area (Å²) in [6.45, 7) is 0.0995. The van der Waals surface area contributed by atoms with E-state index in [1.165, 1.54) is 9.13 Å². The SMILES string of the molecule is O=C(O)Cn1c(=O)n(CCc2ccccc2)c2ncccc21. The van der Waals surface area contributed by atoms with Gasteiger partial charge in [0.2, 0.25) is 0 Å². The third-order valence-corrected chi connectivity index (χ3v) is 3.53. The summed E-state index contributed by atoms with van der Waals surface area (Å²) in [5.74, 6) is -1.05. The van der Waals surface area contributed by atoms with Crippen LogP contribution in [0.5, 0.6) is 0 Å². The molecule has 112 valence electrons. The summed E-state index contributed by atoms with van der Waals surface area (Å²) in [6.07, 6.45) is 2.29. The van der Waals surface area contributed by atoms with Gasteiger partial charge >= 0.3 is 11.7 Å². The van der Waals surface area contributed by atoms with E-state index in [0.29, 0.717) is 24.1 Å². The maximum atomic E-state index is 12.5. The summed E-state index contributed by atoms with van der Waals surface area (Å²) in [5.41, 5.74) is 1.84. The van der Waals surface area contributed by atoms with Crippen LogP contribution in [0.3, 0.4) is 0 Å². The van der Waals surface area contributed by atoms with Crippen LogP contribution in [-0.2, 0) is 24.3 Å². The van der Waals surface area contributed by atoms with E-state index in [1.54, 1.807) is 18.3 Å². The number of nitrogens with zero attached hydrogens (tertiary/aromatic N) is 3. The zero-order valence-electron chi connectivity index (χ0n) is 11.8. The van der Waals surface area contributed by atoms with Crippen LogP contribution in [0.4, 0.5) is 0 Å². The normalized spacial score (nSPS) is 10.9. The second kappa shape index (κ2) is 5.85. The van der Waals surface area contributed by atoms with E-state index < -0.39 is 5.97 Å². The average Bonchev–Trinajstić information content (AvgIpc) is 2.78. The number of carboxylic acids is 1. The lowest BCUT2D eigenvalue weighted by Crippen LogP contribution is -2.27. The van der Waals surface area contributed by atoms with Gasteiger partial charge in [-0.25, -0.2) is 9.78 Å². The third-order valence-electron chi connectivity index (χ3n) is 3.53. The Bertz CT molecular complexity index is 865. The van der Waals surface area contributed by atoms with Crippen LogP contribution in [0.1, 0.15) is 5.56 Å². The summed E-state index contributed by atoms with van der Waals surface area (Å²) < 4.78 is 2.78. The number of fused-ring (bicyclic) bond motifs is 1. The van der Waals surface area contributed by atoms with Crippen molar-refractivity contribution in [2.75, 3.05) is 0 Å². The molecule has 0 aliphatic carbocycles. The lowest BCUT2D eigenvalue weighted by atomic mass is 10.1. The fourth-order valence-corrected chi connectivity index (χ4v) is 2.52. The number of hydrogen-bond acceptors (Lipinski definition) is 3. The molecular formula is C16H15N3O3. The Kier molecular flexibility index (Phi) is 3.74. The van der Waals surface area contributed by atoms with Crippen LogP contribution in [0.25, 0.3) is 11.2 Å². The number of pyridine rings is 1. The van der Waals surface area contributed by atoms with Gasteiger partial charge in [-0.2, -0.15) is 0 Å². The van der Waals surface area contributed by atoms with Crippen molar-refractivity contribution < 1.29 is 9.90 Å². The minimum atomic E-state index is -1.05. The van der Waals surface area contributed by atoms with Crippen LogP contribution in [0.2, 0.25) is 0 Å². The highest BCUT2D eigenvalue weighted by Crippen LogP contribution is 2.11. The summed E-state index contributed by atoms with van der Waals surface area (Å²) in [7, 11) is 0. The molecule has 3 aromatic rings. The molecule has 6 nitrogen and oxygen atoms in total. The van der Waals surface area contributed by atoms with E-state index in [4.69, 9.17) is 5.11 Å². The number of carboxylic acid groups (broad SMARTS) is 1. The summed E-state index contributed by atoms with van der Waals surface area (Å²) in [6, 6.07) is 13.2. The van der Waals surface area contributed by atoms with E-state index >= 15 is 0 Å². The van der Waals surface area contributed by atoms with Crippen molar-refractivity contribution in [1.82, 2.24) is 14.1 Å². The maximum Gasteiger partial charge on any atom is 0.330 e. The van der Waals surface area contributed by atoms with Crippen molar-refractivity contribution >= 4 is 17.1 Å². The van der Waals surface area contributed by atoms with Crippen molar-refractivity contribution in [3.05, 3.63) is 64.7 Å². The van der Waals surface area contributed by atoms with Crippen molar-refractivity contribution in [2.45, 2.75) is 19.5 Å². The number of aromatic nitrogens is 3. The number of aryl methyl sites for hydroxylation is 2. The number of rotatable bonds is 5. The van der Waals surface area contributed by atoms with Gasteiger partial charge in [0.1, 0.15) is 6.54 Å². The van der Waals surface area contributed by atoms with Crippen molar-refractivity contribution in [1.29, 1.82) is 0 Å². The van der Waals surface area contributed by atoms with Gasteiger partial charge in [-0.05, 0) is 24.1 Å². The molecule has 2 aromatic heterocycles. The molecule has 0 radical (unpaired) electrons. The number of imidazole rings is 1. The molecule has 22 heavy (non-hydrogen) atoms. The Morgan fingerprint density at radius 2 is 1.86 bits per heavy atom. The predicted molar refractivity (Wildman–Crippen MR) is 81.8 cm³/mol. The lowest BCUT2D eigenvalue weighted by Gasteiger charge is -2.02. The minimum absolute atomic E-state index is 0.341. The first-order valence-corrected chi connectivity index (χ1v) is 6.96. The fraction of sp³-hybridized carbons (Fsp3) is 0.188. The maximum absolute atomic E-state index is 12.5. The number of carbonyl (C=O) groups is 1. The molecule has 0 unspecified atom stereocenters. The van der Waals surface area contributed by atoms with Crippen molar-refractivity contribution in [3.63, 3.8) is 0 Å². The van der Waals surface area contributed by atoms with Gasteiger partial charge in [-0.3, -0.25) is 13.9 Å². The van der Waals surface area contributed by atoms with Crippen LogP contribution in [0.15, 0.2) is 53.5 Å². The Morgan fingerprint density at radius 3 is 2.59 bits per heavy atom. The molecule has 0 aliphatic heterocycles. The molecule has 0 aliphatic rings. The summed E-state index contributed by atoms with van der Waals surface area (Å²) in [5, 5.41) is 8.98. The van der Waals surface area contributed by atoms with E-state index in [9.17, 15) is 9.59 Å². The average molecular weight is 297 g/mol. The van der Waals surface area contributed by atoms with Crippen molar-refractivity contribution in [3.8, 4) is 0 Å². The molecule has 0 spiro atoms. The first-order valence-electron chi connectivity index (χ1n) is 6.96. The molecule has 0 saturated heterocycles. The fourth-order valence-electron chi connectivity index (χ4n) is 2.52. The predicted octanol–water partition coefficient (Wildman–Crippen LogP) is 1.53. The molecule has 0 atom stereocenters. The van der Waals surface area contributed by atoms with Crippen molar-refractivity contribution in [2.24, 2.45) is 0 Å². The quantitative estimate of drug-likeness (QED) is 0.774. The molecule has 0 bridgehead atoms. The molecular weight excluding hydrogens is 282 g/mol. The number of benzene rings is 1. The molecule has 1 aromatic carbocycles. The van der Waals surface area contributed by atoms with Gasteiger partial charge in [-0.15, -0.1) is 0 Å². The van der Waals surface area contributed by atoms with E-state index in [2.05, 4.69) is 4.98 Å². The molecule has 3 rings (SSSR count). The van der Waals surface area contributed by atoms with Crippen LogP contribution >= 0.6 is 0 Å². The van der Waals surface area contributed by atoms with Crippen LogP contribution < -0.4 is 5.69 Å². The smallest absolute Gasteiger partial charge is 0.330 e. The first kappa shape index (κ1) is 14.1. The van der Waals surface area contributed by atoms with E-state index in [1.807, 2.05) is 30.3 Å². The molecule has 6 heteroatoms. The largest absolute Gasteiger partial charge is 0.480 e. The Morgan fingerprint density at radius 1 is 1.09 bits per heavy atom. The molecule has 1 N–H and O–H groups in total. The second-order valence-electron chi connectivity index (χ2n) is 5.00. The highest BCUT2D eigenvalue weighted by molar-refractivity contribution is 5.74. The molecule has 0 amide bonds. The molecule has 0 saturated carbocycles. The number of hydrogen-bond donors (Lipinski definition) is 1. The van der Waals surface area contributed by atoms with Gasteiger partial charge in [-0.1, -0.05) is 30.3 Å². The minimum Gasteiger partial charge on any atom is -0.480 e. The molecule has 2 heterocycles. The zero-order valence-corrected chi connectivity index (χ0v) is 11.8. The van der Waals surface area contributed by atoms with Gasteiger partial charge in [0.15, 0.2) is 5.65 Å². The van der Waals surface area contributed by atoms with Gasteiger partial charge in [0.25, 0.3) is 0 Å². The Labute approximate surface area is 126 Å². The summed E-state index contributed by atoms with van der Waals surface area (Å²) in [4.78, 5) is 27.7. The van der Waals surface area contributed by atoms with Crippen LogP contribution in [-0.4, -0.2) is 25.2 Å². The Hall–Kier alpha value is -2.89.